The van der Waals surface area contributed by atoms with Crippen molar-refractivity contribution in [2.45, 2.75) is 22.6 Å². The van der Waals surface area contributed by atoms with Gasteiger partial charge in [-0.1, -0.05) is 23.2 Å². The van der Waals surface area contributed by atoms with E-state index in [-0.39, 0.29) is 26.4 Å². The van der Waals surface area contributed by atoms with Gasteiger partial charge in [-0.15, -0.1) is 0 Å². The molecule has 0 amide bonds. The molecule has 7 nitrogen and oxygen atoms in total. The predicted octanol–water partition coefficient (Wildman–Crippen LogP) is 3.16. The molecule has 0 unspecified atom stereocenters. The monoisotopic (exact) mass is 490 g/mol. The minimum absolute atomic E-state index is 0.0745. The number of anilines is 1. The van der Waals surface area contributed by atoms with Gasteiger partial charge < -0.3 is 4.74 Å². The molecule has 4 rings (SSSR count). The number of hydrogen-bond acceptors (Lipinski definition) is 5. The number of aryl methyl sites for hydroxylation is 1. The molecule has 0 spiro atoms. The van der Waals surface area contributed by atoms with E-state index in [4.69, 9.17) is 27.9 Å². The molecule has 0 atom stereocenters. The lowest BCUT2D eigenvalue weighted by atomic mass is 10.0. The molecule has 162 valence electrons. The van der Waals surface area contributed by atoms with E-state index in [0.717, 1.165) is 0 Å². The smallest absolute Gasteiger partial charge is 0.265 e. The molecule has 2 aliphatic heterocycles. The average molecular weight is 491 g/mol. The maximum Gasteiger partial charge on any atom is 0.265 e. The van der Waals surface area contributed by atoms with Crippen LogP contribution in [0.2, 0.25) is 10.0 Å². The lowest BCUT2D eigenvalue weighted by Gasteiger charge is -2.32. The van der Waals surface area contributed by atoms with Gasteiger partial charge >= 0.3 is 0 Å². The fraction of sp³-hybridized carbons (Fsp3) is 0.368. The fourth-order valence-corrected chi connectivity index (χ4v) is 7.42. The van der Waals surface area contributed by atoms with Gasteiger partial charge in [0.25, 0.3) is 10.0 Å². The Bertz CT molecular complexity index is 1180. The molecule has 2 aliphatic rings. The molecule has 1 saturated heterocycles. The Labute approximate surface area is 186 Å². The topological polar surface area (TPSA) is 84.0 Å². The van der Waals surface area contributed by atoms with Crippen molar-refractivity contribution in [1.82, 2.24) is 4.31 Å². The van der Waals surface area contributed by atoms with Crippen molar-refractivity contribution in [1.29, 1.82) is 0 Å². The van der Waals surface area contributed by atoms with Crippen LogP contribution in [-0.4, -0.2) is 54.0 Å². The van der Waals surface area contributed by atoms with E-state index in [1.54, 1.807) is 12.1 Å². The fourth-order valence-electron chi connectivity index (χ4n) is 3.68. The molecule has 30 heavy (non-hydrogen) atoms. The molecule has 0 radical (unpaired) electrons. The van der Waals surface area contributed by atoms with Crippen LogP contribution in [0.25, 0.3) is 0 Å². The predicted molar refractivity (Wildman–Crippen MR) is 115 cm³/mol. The molecular formula is C19H20Cl2N2O5S2. The first-order chi connectivity index (χ1) is 14.2. The summed E-state index contributed by atoms with van der Waals surface area (Å²) in [5.41, 5.74) is 1.12. The number of ether oxygens (including phenoxy) is 1. The minimum atomic E-state index is -3.96. The second-order valence-electron chi connectivity index (χ2n) is 7.06. The number of rotatable bonds is 4. The lowest BCUT2D eigenvalue weighted by molar-refractivity contribution is 0.0730. The molecule has 0 bridgehead atoms. The van der Waals surface area contributed by atoms with Crippen molar-refractivity contribution in [2.24, 2.45) is 0 Å². The molecule has 2 heterocycles. The summed E-state index contributed by atoms with van der Waals surface area (Å²) in [4.78, 5) is 0.0812. The van der Waals surface area contributed by atoms with Gasteiger partial charge in [0.1, 0.15) is 4.90 Å². The molecule has 0 N–H and O–H groups in total. The number of nitrogens with zero attached hydrogens (tertiary/aromatic N) is 2. The zero-order valence-electron chi connectivity index (χ0n) is 15.9. The highest BCUT2D eigenvalue weighted by Crippen LogP contribution is 2.36. The minimum Gasteiger partial charge on any atom is -0.379 e. The van der Waals surface area contributed by atoms with Gasteiger partial charge in [0.15, 0.2) is 0 Å². The summed E-state index contributed by atoms with van der Waals surface area (Å²) in [5.74, 6) is 0. The van der Waals surface area contributed by atoms with Gasteiger partial charge in [-0.2, -0.15) is 4.31 Å². The zero-order chi connectivity index (χ0) is 21.5. The molecule has 2 aromatic rings. The van der Waals surface area contributed by atoms with Crippen LogP contribution in [0.1, 0.15) is 12.0 Å². The first-order valence-corrected chi connectivity index (χ1v) is 13.0. The Hall–Kier alpha value is -1.36. The van der Waals surface area contributed by atoms with E-state index < -0.39 is 20.0 Å². The molecule has 0 aromatic heterocycles. The Balaban J connectivity index is 1.73. The van der Waals surface area contributed by atoms with Gasteiger partial charge in [0, 0.05) is 24.7 Å². The molecule has 11 heteroatoms. The number of hydrogen-bond donors (Lipinski definition) is 0. The molecular weight excluding hydrogens is 471 g/mol. The third-order valence-electron chi connectivity index (χ3n) is 5.20. The van der Waals surface area contributed by atoms with Crippen LogP contribution in [-0.2, 0) is 31.2 Å². The van der Waals surface area contributed by atoms with Gasteiger partial charge in [-0.05, 0) is 54.8 Å². The van der Waals surface area contributed by atoms with Crippen molar-refractivity contribution < 1.29 is 21.6 Å². The average Bonchev–Trinajstić information content (AvgIpc) is 2.75. The Morgan fingerprint density at radius 2 is 1.60 bits per heavy atom. The molecule has 0 saturated carbocycles. The maximum absolute atomic E-state index is 13.3. The highest BCUT2D eigenvalue weighted by Gasteiger charge is 2.33. The van der Waals surface area contributed by atoms with E-state index in [0.29, 0.717) is 50.4 Å². The second-order valence-corrected chi connectivity index (χ2v) is 11.7. The largest absolute Gasteiger partial charge is 0.379 e. The first kappa shape index (κ1) is 21.9. The van der Waals surface area contributed by atoms with Crippen LogP contribution in [0.5, 0.6) is 0 Å². The van der Waals surface area contributed by atoms with Gasteiger partial charge in [-0.25, -0.2) is 16.8 Å². The number of benzene rings is 2. The summed E-state index contributed by atoms with van der Waals surface area (Å²) >= 11 is 12.1. The summed E-state index contributed by atoms with van der Waals surface area (Å²) in [6.45, 7) is 1.58. The lowest BCUT2D eigenvalue weighted by Crippen LogP contribution is -2.40. The summed E-state index contributed by atoms with van der Waals surface area (Å²) in [6.07, 6.45) is 1.14. The molecule has 0 aliphatic carbocycles. The quantitative estimate of drug-likeness (QED) is 0.656. The van der Waals surface area contributed by atoms with Crippen LogP contribution >= 0.6 is 23.2 Å². The summed E-state index contributed by atoms with van der Waals surface area (Å²) in [7, 11) is -7.62. The van der Waals surface area contributed by atoms with Crippen LogP contribution in [0.4, 0.5) is 5.69 Å². The van der Waals surface area contributed by atoms with Crippen LogP contribution in [0, 0.1) is 0 Å². The Morgan fingerprint density at radius 3 is 2.33 bits per heavy atom. The second kappa shape index (κ2) is 8.29. The van der Waals surface area contributed by atoms with Gasteiger partial charge in [0.05, 0.1) is 28.8 Å². The number of halogens is 2. The number of morpholine rings is 1. The number of fused-ring (bicyclic) bond motifs is 1. The van der Waals surface area contributed by atoms with Crippen molar-refractivity contribution in [2.75, 3.05) is 37.2 Å². The standard InChI is InChI=1S/C19H20Cl2N2O5S2/c20-15-3-5-17(21)19(13-15)30(26,27)23-7-1-2-14-12-16(4-6-18(14)23)29(24,25)22-8-10-28-11-9-22/h3-6,12-13H,1-2,7-11H2. The van der Waals surface area contributed by atoms with Crippen LogP contribution in [0.15, 0.2) is 46.2 Å². The summed E-state index contributed by atoms with van der Waals surface area (Å²) in [6, 6.07) is 8.87. The van der Waals surface area contributed by atoms with Gasteiger partial charge in [-0.3, -0.25) is 4.31 Å². The van der Waals surface area contributed by atoms with Gasteiger partial charge in [0.2, 0.25) is 10.0 Å². The zero-order valence-corrected chi connectivity index (χ0v) is 19.1. The van der Waals surface area contributed by atoms with E-state index in [9.17, 15) is 16.8 Å². The molecule has 2 aromatic carbocycles. The normalized spacial score (nSPS) is 18.3. The third-order valence-corrected chi connectivity index (χ3v) is 9.62. The van der Waals surface area contributed by atoms with E-state index in [1.165, 1.54) is 32.9 Å². The Kier molecular flexibility index (Phi) is 6.04. The number of sulfonamides is 2. The van der Waals surface area contributed by atoms with Crippen molar-refractivity contribution in [3.05, 3.63) is 52.0 Å². The third kappa shape index (κ3) is 3.94. The highest BCUT2D eigenvalue weighted by atomic mass is 35.5. The van der Waals surface area contributed by atoms with Crippen molar-refractivity contribution >= 4 is 48.9 Å². The summed E-state index contributed by atoms with van der Waals surface area (Å²) < 4.78 is 60.4. The van der Waals surface area contributed by atoms with E-state index in [2.05, 4.69) is 0 Å². The summed E-state index contributed by atoms with van der Waals surface area (Å²) in [5, 5.41) is 0.347. The van der Waals surface area contributed by atoms with E-state index >= 15 is 0 Å². The van der Waals surface area contributed by atoms with Crippen LogP contribution in [0.3, 0.4) is 0 Å². The Morgan fingerprint density at radius 1 is 0.867 bits per heavy atom. The maximum atomic E-state index is 13.3. The van der Waals surface area contributed by atoms with Crippen LogP contribution < -0.4 is 4.31 Å². The molecule has 1 fully saturated rings. The first-order valence-electron chi connectivity index (χ1n) is 9.40. The van der Waals surface area contributed by atoms with Crippen molar-refractivity contribution in [3.63, 3.8) is 0 Å². The van der Waals surface area contributed by atoms with Crippen molar-refractivity contribution in [3.8, 4) is 0 Å². The SMILES string of the molecule is O=S(=O)(c1ccc2c(c1)CCCN2S(=O)(=O)c1cc(Cl)ccc1Cl)N1CCOCC1. The van der Waals surface area contributed by atoms with E-state index in [1.807, 2.05) is 0 Å². The highest BCUT2D eigenvalue weighted by molar-refractivity contribution is 7.93.